The first-order valence-electron chi connectivity index (χ1n) is 10.6. The van der Waals surface area contributed by atoms with Crippen molar-refractivity contribution in [2.24, 2.45) is 0 Å². The standard InChI is InChI=1S/C23H29FN4OS/c1-3-8-28-21-7-6-18(25-15-17-5-4-16(2)20(24)13-17)14-19(21)22(26-28)23(29)27-9-11-30-12-10-27/h3-5,13,18,25H,1,6-12,14-15H2,2H3. The summed E-state index contributed by atoms with van der Waals surface area (Å²) in [5.41, 5.74) is 4.43. The molecule has 1 saturated heterocycles. The maximum absolute atomic E-state index is 13.8. The van der Waals surface area contributed by atoms with Crippen LogP contribution in [0.3, 0.4) is 0 Å². The van der Waals surface area contributed by atoms with E-state index in [2.05, 4.69) is 11.9 Å². The van der Waals surface area contributed by atoms with Crippen molar-refractivity contribution in [2.45, 2.75) is 45.3 Å². The van der Waals surface area contributed by atoms with Gasteiger partial charge in [0, 0.05) is 48.4 Å². The van der Waals surface area contributed by atoms with Crippen LogP contribution in [0.15, 0.2) is 30.9 Å². The Labute approximate surface area is 181 Å². The smallest absolute Gasteiger partial charge is 0.274 e. The summed E-state index contributed by atoms with van der Waals surface area (Å²) < 4.78 is 15.8. The summed E-state index contributed by atoms with van der Waals surface area (Å²) in [7, 11) is 0. The van der Waals surface area contributed by atoms with Crippen molar-refractivity contribution in [1.82, 2.24) is 20.0 Å². The summed E-state index contributed by atoms with van der Waals surface area (Å²) >= 11 is 1.89. The number of benzene rings is 1. The molecular formula is C23H29FN4OS. The maximum atomic E-state index is 13.8. The highest BCUT2D eigenvalue weighted by atomic mass is 32.2. The van der Waals surface area contributed by atoms with Crippen molar-refractivity contribution in [3.63, 3.8) is 0 Å². The Morgan fingerprint density at radius 2 is 2.20 bits per heavy atom. The Balaban J connectivity index is 1.51. The Kier molecular flexibility index (Phi) is 6.58. The third-order valence-corrected chi connectivity index (χ3v) is 6.92. The van der Waals surface area contributed by atoms with Gasteiger partial charge in [0.05, 0.1) is 6.54 Å². The van der Waals surface area contributed by atoms with Crippen molar-refractivity contribution in [3.8, 4) is 0 Å². The summed E-state index contributed by atoms with van der Waals surface area (Å²) in [6.45, 7) is 8.41. The highest BCUT2D eigenvalue weighted by Gasteiger charge is 2.31. The molecule has 2 heterocycles. The lowest BCUT2D eigenvalue weighted by atomic mass is 9.90. The van der Waals surface area contributed by atoms with Gasteiger partial charge >= 0.3 is 0 Å². The maximum Gasteiger partial charge on any atom is 0.274 e. The number of halogens is 1. The molecule has 0 saturated carbocycles. The van der Waals surface area contributed by atoms with Gasteiger partial charge in [-0.3, -0.25) is 9.48 Å². The van der Waals surface area contributed by atoms with Gasteiger partial charge in [-0.1, -0.05) is 18.2 Å². The number of hydrogen-bond acceptors (Lipinski definition) is 4. The van der Waals surface area contributed by atoms with Crippen molar-refractivity contribution in [3.05, 3.63) is 64.7 Å². The summed E-state index contributed by atoms with van der Waals surface area (Å²) in [6, 6.07) is 5.62. The molecule has 1 aliphatic carbocycles. The molecule has 160 valence electrons. The Morgan fingerprint density at radius 3 is 2.93 bits per heavy atom. The molecule has 0 radical (unpaired) electrons. The summed E-state index contributed by atoms with van der Waals surface area (Å²) in [5.74, 6) is 1.85. The number of carbonyl (C=O) groups is 1. The van der Waals surface area contributed by atoms with Gasteiger partial charge in [0.1, 0.15) is 5.82 Å². The van der Waals surface area contributed by atoms with Gasteiger partial charge in [-0.2, -0.15) is 16.9 Å². The van der Waals surface area contributed by atoms with Gasteiger partial charge in [0.25, 0.3) is 5.91 Å². The first-order valence-corrected chi connectivity index (χ1v) is 11.8. The summed E-state index contributed by atoms with van der Waals surface area (Å²) in [5, 5.41) is 8.26. The SMILES string of the molecule is C=CCn1nc(C(=O)N2CCSCC2)c2c1CCC(NCc1ccc(C)c(F)c1)C2. The molecule has 0 bridgehead atoms. The molecule has 0 spiro atoms. The number of amides is 1. The van der Waals surface area contributed by atoms with E-state index in [0.717, 1.165) is 60.7 Å². The number of rotatable bonds is 6. The molecule has 1 aromatic carbocycles. The van der Waals surface area contributed by atoms with Crippen LogP contribution >= 0.6 is 11.8 Å². The first kappa shape index (κ1) is 21.1. The van der Waals surface area contributed by atoms with Gasteiger partial charge in [0.2, 0.25) is 0 Å². The van der Waals surface area contributed by atoms with Crippen LogP contribution in [0.25, 0.3) is 0 Å². The lowest BCUT2D eigenvalue weighted by molar-refractivity contribution is 0.0764. The van der Waals surface area contributed by atoms with Gasteiger partial charge in [-0.25, -0.2) is 4.39 Å². The van der Waals surface area contributed by atoms with E-state index in [4.69, 9.17) is 5.10 Å². The van der Waals surface area contributed by atoms with E-state index in [1.807, 2.05) is 39.6 Å². The predicted molar refractivity (Wildman–Crippen MR) is 119 cm³/mol. The lowest BCUT2D eigenvalue weighted by Gasteiger charge is -2.27. The van der Waals surface area contributed by atoms with Crippen molar-refractivity contribution in [1.29, 1.82) is 0 Å². The van der Waals surface area contributed by atoms with Crippen molar-refractivity contribution >= 4 is 17.7 Å². The van der Waals surface area contributed by atoms with Gasteiger partial charge in [0.15, 0.2) is 5.69 Å². The van der Waals surface area contributed by atoms with E-state index >= 15 is 0 Å². The fourth-order valence-corrected chi connectivity index (χ4v) is 5.13. The van der Waals surface area contributed by atoms with Gasteiger partial charge in [-0.05, 0) is 43.4 Å². The zero-order valence-electron chi connectivity index (χ0n) is 17.5. The van der Waals surface area contributed by atoms with Gasteiger partial charge in [-0.15, -0.1) is 6.58 Å². The van der Waals surface area contributed by atoms with Gasteiger partial charge < -0.3 is 10.2 Å². The molecule has 4 rings (SSSR count). The van der Waals surface area contributed by atoms with Crippen LogP contribution in [0, 0.1) is 12.7 Å². The molecule has 1 unspecified atom stereocenters. The molecule has 1 atom stereocenters. The number of nitrogens with zero attached hydrogens (tertiary/aromatic N) is 3. The second-order valence-corrected chi connectivity index (χ2v) is 9.28. The molecule has 1 N–H and O–H groups in total. The molecule has 1 fully saturated rings. The van der Waals surface area contributed by atoms with Crippen LogP contribution in [-0.2, 0) is 25.9 Å². The molecule has 5 nitrogen and oxygen atoms in total. The van der Waals surface area contributed by atoms with E-state index in [1.54, 1.807) is 13.0 Å². The summed E-state index contributed by atoms with van der Waals surface area (Å²) in [6.07, 6.45) is 4.44. The minimum atomic E-state index is -0.168. The molecule has 1 aromatic heterocycles. The molecule has 30 heavy (non-hydrogen) atoms. The minimum Gasteiger partial charge on any atom is -0.336 e. The van der Waals surface area contributed by atoms with E-state index in [-0.39, 0.29) is 17.8 Å². The monoisotopic (exact) mass is 428 g/mol. The highest BCUT2D eigenvalue weighted by molar-refractivity contribution is 7.99. The van der Waals surface area contributed by atoms with Crippen molar-refractivity contribution in [2.75, 3.05) is 24.6 Å². The number of hydrogen-bond donors (Lipinski definition) is 1. The van der Waals surface area contributed by atoms with E-state index in [9.17, 15) is 9.18 Å². The largest absolute Gasteiger partial charge is 0.336 e. The fraction of sp³-hybridized carbons (Fsp3) is 0.478. The van der Waals surface area contributed by atoms with Crippen LogP contribution in [0.2, 0.25) is 0 Å². The van der Waals surface area contributed by atoms with Crippen LogP contribution in [0.4, 0.5) is 4.39 Å². The number of aromatic nitrogens is 2. The average molecular weight is 429 g/mol. The predicted octanol–water partition coefficient (Wildman–Crippen LogP) is 3.35. The lowest BCUT2D eigenvalue weighted by Crippen LogP contribution is -2.39. The zero-order chi connectivity index (χ0) is 21.1. The van der Waals surface area contributed by atoms with Crippen LogP contribution in [0.5, 0.6) is 0 Å². The number of allylic oxidation sites excluding steroid dienone is 1. The number of nitrogens with one attached hydrogen (secondary N) is 1. The van der Waals surface area contributed by atoms with Crippen molar-refractivity contribution < 1.29 is 9.18 Å². The normalized spacial score (nSPS) is 18.9. The molecular weight excluding hydrogens is 399 g/mol. The molecule has 2 aromatic rings. The zero-order valence-corrected chi connectivity index (χ0v) is 18.3. The molecule has 1 aliphatic heterocycles. The highest BCUT2D eigenvalue weighted by Crippen LogP contribution is 2.27. The van der Waals surface area contributed by atoms with E-state index in [1.165, 1.54) is 0 Å². The Morgan fingerprint density at radius 1 is 1.40 bits per heavy atom. The first-order chi connectivity index (χ1) is 14.6. The second kappa shape index (κ2) is 9.35. The molecule has 2 aliphatic rings. The van der Waals surface area contributed by atoms with E-state index in [0.29, 0.717) is 24.3 Å². The van der Waals surface area contributed by atoms with Crippen LogP contribution in [-0.4, -0.2) is 51.2 Å². The summed E-state index contributed by atoms with van der Waals surface area (Å²) in [4.78, 5) is 15.1. The second-order valence-electron chi connectivity index (χ2n) is 8.05. The third kappa shape index (κ3) is 4.47. The third-order valence-electron chi connectivity index (χ3n) is 5.98. The van der Waals surface area contributed by atoms with Crippen LogP contribution in [0.1, 0.15) is 39.3 Å². The average Bonchev–Trinajstić information content (AvgIpc) is 3.12. The fourth-order valence-electron chi connectivity index (χ4n) is 4.23. The van der Waals surface area contributed by atoms with E-state index < -0.39 is 0 Å². The topological polar surface area (TPSA) is 50.2 Å². The van der Waals surface area contributed by atoms with Crippen LogP contribution < -0.4 is 5.32 Å². The number of carbonyl (C=O) groups excluding carboxylic acids is 1. The Hall–Kier alpha value is -2.12. The quantitative estimate of drug-likeness (QED) is 0.717. The molecule has 7 heteroatoms. The number of fused-ring (bicyclic) bond motifs is 1. The number of thioether (sulfide) groups is 1. The Bertz CT molecular complexity index is 936. The minimum absolute atomic E-state index is 0.0515. The number of aryl methyl sites for hydroxylation is 1. The molecule has 1 amide bonds.